The minimum absolute atomic E-state index is 0.0205. The van der Waals surface area contributed by atoms with Crippen molar-refractivity contribution in [2.45, 2.75) is 34.2 Å². The van der Waals surface area contributed by atoms with E-state index in [2.05, 4.69) is 22.7 Å². The highest BCUT2D eigenvalue weighted by molar-refractivity contribution is 6.30. The SMILES string of the molecule is Cc1nn(-c2ccc(Cl)cc2)c(C)c1CNCCNC(=O)C(C)C. The van der Waals surface area contributed by atoms with E-state index in [1.807, 2.05) is 49.7 Å². The maximum atomic E-state index is 11.5. The van der Waals surface area contributed by atoms with Gasteiger partial charge in [0, 0.05) is 41.8 Å². The standard InChI is InChI=1S/C18H25ClN4O/c1-12(2)18(24)21-10-9-20-11-17-13(3)22-23(14(17)4)16-7-5-15(19)6-8-16/h5-8,12,20H,9-11H2,1-4H3,(H,21,24). The van der Waals surface area contributed by atoms with Gasteiger partial charge in [-0.15, -0.1) is 0 Å². The molecule has 0 spiro atoms. The predicted octanol–water partition coefficient (Wildman–Crippen LogP) is 3.00. The van der Waals surface area contributed by atoms with Crippen LogP contribution in [0.15, 0.2) is 24.3 Å². The number of carbonyl (C=O) groups excluding carboxylic acids is 1. The summed E-state index contributed by atoms with van der Waals surface area (Å²) in [5.74, 6) is 0.104. The normalized spacial score (nSPS) is 11.1. The van der Waals surface area contributed by atoms with Gasteiger partial charge in [-0.3, -0.25) is 4.79 Å². The summed E-state index contributed by atoms with van der Waals surface area (Å²) in [7, 11) is 0. The number of halogens is 1. The molecule has 1 aromatic heterocycles. The molecule has 0 atom stereocenters. The first-order chi connectivity index (χ1) is 11.4. The number of amides is 1. The first-order valence-electron chi connectivity index (χ1n) is 8.19. The summed E-state index contributed by atoms with van der Waals surface area (Å²) >= 11 is 5.95. The zero-order valence-corrected chi connectivity index (χ0v) is 15.4. The lowest BCUT2D eigenvalue weighted by atomic mass is 10.2. The molecule has 130 valence electrons. The molecule has 0 fully saturated rings. The molecule has 0 unspecified atom stereocenters. The Bertz CT molecular complexity index is 692. The molecule has 0 bridgehead atoms. The molecule has 5 nitrogen and oxygen atoms in total. The molecule has 0 aliphatic carbocycles. The third-order valence-electron chi connectivity index (χ3n) is 3.94. The van der Waals surface area contributed by atoms with E-state index >= 15 is 0 Å². The van der Waals surface area contributed by atoms with Gasteiger partial charge in [-0.05, 0) is 38.1 Å². The van der Waals surface area contributed by atoms with Gasteiger partial charge in [0.2, 0.25) is 5.91 Å². The molecular weight excluding hydrogens is 324 g/mol. The Labute approximate surface area is 148 Å². The summed E-state index contributed by atoms with van der Waals surface area (Å²) in [6, 6.07) is 7.65. The van der Waals surface area contributed by atoms with Gasteiger partial charge in [0.1, 0.15) is 0 Å². The number of carbonyl (C=O) groups is 1. The fourth-order valence-corrected chi connectivity index (χ4v) is 2.58. The highest BCUT2D eigenvalue weighted by atomic mass is 35.5. The molecule has 1 heterocycles. The van der Waals surface area contributed by atoms with E-state index in [-0.39, 0.29) is 11.8 Å². The van der Waals surface area contributed by atoms with E-state index < -0.39 is 0 Å². The minimum Gasteiger partial charge on any atom is -0.355 e. The quantitative estimate of drug-likeness (QED) is 0.756. The average molecular weight is 349 g/mol. The van der Waals surface area contributed by atoms with Crippen molar-refractivity contribution in [1.29, 1.82) is 0 Å². The Balaban J connectivity index is 1.94. The zero-order chi connectivity index (χ0) is 17.7. The molecular formula is C18H25ClN4O. The van der Waals surface area contributed by atoms with Gasteiger partial charge >= 0.3 is 0 Å². The fourth-order valence-electron chi connectivity index (χ4n) is 2.46. The van der Waals surface area contributed by atoms with Crippen LogP contribution in [-0.4, -0.2) is 28.8 Å². The van der Waals surface area contributed by atoms with Crippen LogP contribution in [-0.2, 0) is 11.3 Å². The molecule has 0 saturated heterocycles. The van der Waals surface area contributed by atoms with Crippen LogP contribution >= 0.6 is 11.6 Å². The van der Waals surface area contributed by atoms with Gasteiger partial charge in [0.25, 0.3) is 0 Å². The number of nitrogens with zero attached hydrogens (tertiary/aromatic N) is 2. The third kappa shape index (κ3) is 4.58. The molecule has 2 aromatic rings. The van der Waals surface area contributed by atoms with E-state index in [1.165, 1.54) is 5.56 Å². The van der Waals surface area contributed by atoms with E-state index in [4.69, 9.17) is 11.6 Å². The summed E-state index contributed by atoms with van der Waals surface area (Å²) in [5.41, 5.74) is 4.28. The first-order valence-corrected chi connectivity index (χ1v) is 8.57. The lowest BCUT2D eigenvalue weighted by molar-refractivity contribution is -0.123. The maximum absolute atomic E-state index is 11.5. The summed E-state index contributed by atoms with van der Waals surface area (Å²) in [6.45, 7) is 9.93. The summed E-state index contributed by atoms with van der Waals surface area (Å²) in [6.07, 6.45) is 0. The second kappa shape index (κ2) is 8.31. The molecule has 6 heteroatoms. The van der Waals surface area contributed by atoms with Crippen LogP contribution in [0.2, 0.25) is 5.02 Å². The second-order valence-corrected chi connectivity index (χ2v) is 6.60. The van der Waals surface area contributed by atoms with Crippen molar-refractivity contribution < 1.29 is 4.79 Å². The molecule has 1 amide bonds. The van der Waals surface area contributed by atoms with Crippen molar-refractivity contribution in [3.8, 4) is 5.69 Å². The van der Waals surface area contributed by atoms with E-state index in [0.717, 1.165) is 30.2 Å². The molecule has 2 rings (SSSR count). The van der Waals surface area contributed by atoms with Crippen LogP contribution < -0.4 is 10.6 Å². The molecule has 2 N–H and O–H groups in total. The number of hydrogen-bond acceptors (Lipinski definition) is 3. The third-order valence-corrected chi connectivity index (χ3v) is 4.19. The molecule has 0 saturated carbocycles. The molecule has 0 radical (unpaired) electrons. The number of benzene rings is 1. The summed E-state index contributed by atoms with van der Waals surface area (Å²) in [5, 5.41) is 11.6. The molecule has 0 aliphatic heterocycles. The summed E-state index contributed by atoms with van der Waals surface area (Å²) < 4.78 is 1.93. The Hall–Kier alpha value is -1.85. The van der Waals surface area contributed by atoms with Crippen LogP contribution in [0.25, 0.3) is 5.69 Å². The number of aryl methyl sites for hydroxylation is 1. The largest absolute Gasteiger partial charge is 0.355 e. The highest BCUT2D eigenvalue weighted by Crippen LogP contribution is 2.19. The Morgan fingerprint density at radius 1 is 1.21 bits per heavy atom. The van der Waals surface area contributed by atoms with Crippen molar-refractivity contribution in [3.63, 3.8) is 0 Å². The van der Waals surface area contributed by atoms with Crippen LogP contribution in [0.1, 0.15) is 30.8 Å². The van der Waals surface area contributed by atoms with Crippen LogP contribution in [0.3, 0.4) is 0 Å². The Morgan fingerprint density at radius 2 is 1.88 bits per heavy atom. The van der Waals surface area contributed by atoms with E-state index in [1.54, 1.807) is 0 Å². The van der Waals surface area contributed by atoms with Gasteiger partial charge in [-0.25, -0.2) is 4.68 Å². The summed E-state index contributed by atoms with van der Waals surface area (Å²) in [4.78, 5) is 11.5. The van der Waals surface area contributed by atoms with E-state index in [0.29, 0.717) is 11.6 Å². The molecule has 24 heavy (non-hydrogen) atoms. The van der Waals surface area contributed by atoms with Crippen LogP contribution in [0, 0.1) is 19.8 Å². The first kappa shape index (κ1) is 18.5. The van der Waals surface area contributed by atoms with Crippen LogP contribution in [0.4, 0.5) is 0 Å². The maximum Gasteiger partial charge on any atom is 0.222 e. The van der Waals surface area contributed by atoms with Crippen molar-refractivity contribution in [3.05, 3.63) is 46.2 Å². The minimum atomic E-state index is 0.0205. The van der Waals surface area contributed by atoms with E-state index in [9.17, 15) is 4.79 Å². The zero-order valence-electron chi connectivity index (χ0n) is 14.7. The number of nitrogens with one attached hydrogen (secondary N) is 2. The fraction of sp³-hybridized carbons (Fsp3) is 0.444. The lowest BCUT2D eigenvalue weighted by Crippen LogP contribution is -2.34. The number of rotatable bonds is 7. The number of aromatic nitrogens is 2. The van der Waals surface area contributed by atoms with Gasteiger partial charge in [-0.1, -0.05) is 25.4 Å². The van der Waals surface area contributed by atoms with Gasteiger partial charge in [-0.2, -0.15) is 5.10 Å². The van der Waals surface area contributed by atoms with Crippen LogP contribution in [0.5, 0.6) is 0 Å². The lowest BCUT2D eigenvalue weighted by Gasteiger charge is -2.09. The molecule has 1 aromatic carbocycles. The highest BCUT2D eigenvalue weighted by Gasteiger charge is 2.12. The Morgan fingerprint density at radius 3 is 2.50 bits per heavy atom. The van der Waals surface area contributed by atoms with Crippen molar-refractivity contribution in [1.82, 2.24) is 20.4 Å². The topological polar surface area (TPSA) is 59.0 Å². The monoisotopic (exact) mass is 348 g/mol. The van der Waals surface area contributed by atoms with Crippen molar-refractivity contribution in [2.24, 2.45) is 5.92 Å². The smallest absolute Gasteiger partial charge is 0.222 e. The average Bonchev–Trinajstić information content (AvgIpc) is 2.82. The number of hydrogen-bond donors (Lipinski definition) is 2. The van der Waals surface area contributed by atoms with Gasteiger partial charge in [0.05, 0.1) is 11.4 Å². The van der Waals surface area contributed by atoms with Crippen molar-refractivity contribution >= 4 is 17.5 Å². The van der Waals surface area contributed by atoms with Gasteiger partial charge in [0.15, 0.2) is 0 Å². The predicted molar refractivity (Wildman–Crippen MR) is 97.6 cm³/mol. The Kier molecular flexibility index (Phi) is 6.40. The van der Waals surface area contributed by atoms with Crippen molar-refractivity contribution in [2.75, 3.05) is 13.1 Å². The van der Waals surface area contributed by atoms with Gasteiger partial charge < -0.3 is 10.6 Å². The second-order valence-electron chi connectivity index (χ2n) is 6.16. The molecule has 0 aliphatic rings.